The standard InChI is InChI=1S/C19H34N4O2.HI/c1-7-15(4)23(5)13-12-21-19(20-8-2)22-16-10-11-17(25-9-3)18(14-16)24-6;/h10-11,14-15H,7-9,12-13H2,1-6H3,(H2,20,21,22);1H. The summed E-state index contributed by atoms with van der Waals surface area (Å²) in [6, 6.07) is 6.36. The Morgan fingerprint density at radius 1 is 1.23 bits per heavy atom. The van der Waals surface area contributed by atoms with Crippen LogP contribution >= 0.6 is 24.0 Å². The third-order valence-electron chi connectivity index (χ3n) is 4.14. The minimum atomic E-state index is 0. The first-order valence-electron chi connectivity index (χ1n) is 9.12. The fraction of sp³-hybridized carbons (Fsp3) is 0.632. The van der Waals surface area contributed by atoms with Gasteiger partial charge in [-0.3, -0.25) is 4.99 Å². The van der Waals surface area contributed by atoms with Crippen molar-refractivity contribution in [1.29, 1.82) is 0 Å². The molecule has 150 valence electrons. The number of ether oxygens (including phenoxy) is 2. The molecule has 0 aliphatic carbocycles. The van der Waals surface area contributed by atoms with Gasteiger partial charge in [-0.1, -0.05) is 6.92 Å². The van der Waals surface area contributed by atoms with E-state index >= 15 is 0 Å². The zero-order chi connectivity index (χ0) is 18.7. The predicted molar refractivity (Wildman–Crippen MR) is 122 cm³/mol. The average molecular weight is 478 g/mol. The maximum absolute atomic E-state index is 5.56. The highest BCUT2D eigenvalue weighted by Gasteiger charge is 2.08. The van der Waals surface area contributed by atoms with Gasteiger partial charge < -0.3 is 25.0 Å². The second-order valence-electron chi connectivity index (χ2n) is 5.92. The Hall–Kier alpha value is -1.22. The molecule has 0 heterocycles. The number of aliphatic imine (C=N–C) groups is 1. The predicted octanol–water partition coefficient (Wildman–Crippen LogP) is 3.82. The summed E-state index contributed by atoms with van der Waals surface area (Å²) in [5.41, 5.74) is 0.912. The Labute approximate surface area is 175 Å². The van der Waals surface area contributed by atoms with Gasteiger partial charge in [0.25, 0.3) is 0 Å². The summed E-state index contributed by atoms with van der Waals surface area (Å²) >= 11 is 0. The second-order valence-corrected chi connectivity index (χ2v) is 5.92. The van der Waals surface area contributed by atoms with Crippen LogP contribution in [0.5, 0.6) is 11.5 Å². The third-order valence-corrected chi connectivity index (χ3v) is 4.14. The Morgan fingerprint density at radius 3 is 2.54 bits per heavy atom. The maximum Gasteiger partial charge on any atom is 0.195 e. The molecular weight excluding hydrogens is 443 g/mol. The lowest BCUT2D eigenvalue weighted by molar-refractivity contribution is 0.259. The molecule has 6 nitrogen and oxygen atoms in total. The zero-order valence-corrected chi connectivity index (χ0v) is 19.3. The van der Waals surface area contributed by atoms with Crippen LogP contribution in [0, 0.1) is 0 Å². The van der Waals surface area contributed by atoms with Gasteiger partial charge in [0.15, 0.2) is 17.5 Å². The zero-order valence-electron chi connectivity index (χ0n) is 17.0. The minimum absolute atomic E-state index is 0. The van der Waals surface area contributed by atoms with Gasteiger partial charge in [-0.25, -0.2) is 0 Å². The van der Waals surface area contributed by atoms with Gasteiger partial charge in [0.05, 0.1) is 20.3 Å². The Morgan fingerprint density at radius 2 is 1.96 bits per heavy atom. The summed E-state index contributed by atoms with van der Waals surface area (Å²) in [5.74, 6) is 2.22. The van der Waals surface area contributed by atoms with Crippen molar-refractivity contribution in [2.75, 3.05) is 45.7 Å². The Kier molecular flexibility index (Phi) is 13.3. The van der Waals surface area contributed by atoms with Crippen molar-refractivity contribution in [3.63, 3.8) is 0 Å². The summed E-state index contributed by atoms with van der Waals surface area (Å²) in [6.07, 6.45) is 1.14. The SMILES string of the molecule is CCNC(=NCCN(C)C(C)CC)Nc1ccc(OCC)c(OC)c1.I. The van der Waals surface area contributed by atoms with E-state index in [0.29, 0.717) is 18.4 Å². The first-order chi connectivity index (χ1) is 12.0. The number of hydrogen-bond donors (Lipinski definition) is 2. The number of rotatable bonds is 10. The molecule has 0 aromatic heterocycles. The normalized spacial score (nSPS) is 12.3. The third kappa shape index (κ3) is 8.44. The van der Waals surface area contributed by atoms with Crippen LogP contribution in [-0.2, 0) is 0 Å². The number of anilines is 1. The van der Waals surface area contributed by atoms with Crippen LogP contribution in [0.3, 0.4) is 0 Å². The molecule has 0 fully saturated rings. The van der Waals surface area contributed by atoms with Crippen molar-refractivity contribution in [1.82, 2.24) is 10.2 Å². The van der Waals surface area contributed by atoms with Gasteiger partial charge in [-0.2, -0.15) is 0 Å². The molecule has 0 amide bonds. The van der Waals surface area contributed by atoms with E-state index < -0.39 is 0 Å². The van der Waals surface area contributed by atoms with Crippen molar-refractivity contribution in [3.8, 4) is 11.5 Å². The molecule has 0 aliphatic rings. The van der Waals surface area contributed by atoms with E-state index in [2.05, 4.69) is 48.3 Å². The van der Waals surface area contributed by atoms with Crippen molar-refractivity contribution < 1.29 is 9.47 Å². The molecule has 1 aromatic rings. The van der Waals surface area contributed by atoms with Crippen molar-refractivity contribution in [2.24, 2.45) is 4.99 Å². The van der Waals surface area contributed by atoms with E-state index in [4.69, 9.17) is 9.47 Å². The summed E-state index contributed by atoms with van der Waals surface area (Å²) in [5, 5.41) is 6.60. The van der Waals surface area contributed by atoms with E-state index in [1.54, 1.807) is 7.11 Å². The number of hydrogen-bond acceptors (Lipinski definition) is 4. The molecule has 0 saturated carbocycles. The molecule has 0 bridgehead atoms. The molecule has 1 atom stereocenters. The van der Waals surface area contributed by atoms with E-state index in [-0.39, 0.29) is 24.0 Å². The van der Waals surface area contributed by atoms with E-state index in [9.17, 15) is 0 Å². The number of guanidine groups is 1. The van der Waals surface area contributed by atoms with Crippen molar-refractivity contribution in [3.05, 3.63) is 18.2 Å². The van der Waals surface area contributed by atoms with Crippen LogP contribution in [0.2, 0.25) is 0 Å². The quantitative estimate of drug-likeness (QED) is 0.304. The van der Waals surface area contributed by atoms with Gasteiger partial charge in [0, 0.05) is 30.9 Å². The lowest BCUT2D eigenvalue weighted by Gasteiger charge is -2.22. The van der Waals surface area contributed by atoms with Crippen LogP contribution < -0.4 is 20.1 Å². The van der Waals surface area contributed by atoms with Crippen LogP contribution in [0.15, 0.2) is 23.2 Å². The van der Waals surface area contributed by atoms with E-state index in [0.717, 1.165) is 43.5 Å². The van der Waals surface area contributed by atoms with Gasteiger partial charge in [-0.15, -0.1) is 24.0 Å². The lowest BCUT2D eigenvalue weighted by atomic mass is 10.2. The molecular formula is C19H35IN4O2. The lowest BCUT2D eigenvalue weighted by Crippen LogP contribution is -2.33. The van der Waals surface area contributed by atoms with Gasteiger partial charge in [-0.05, 0) is 46.4 Å². The highest BCUT2D eigenvalue weighted by molar-refractivity contribution is 14.0. The van der Waals surface area contributed by atoms with Gasteiger partial charge in [0.2, 0.25) is 0 Å². The monoisotopic (exact) mass is 478 g/mol. The topological polar surface area (TPSA) is 58.1 Å². The number of likely N-dealkylation sites (N-methyl/N-ethyl adjacent to an activating group) is 1. The highest BCUT2D eigenvalue weighted by Crippen LogP contribution is 2.30. The largest absolute Gasteiger partial charge is 0.493 e. The molecule has 1 rings (SSSR count). The first-order valence-corrected chi connectivity index (χ1v) is 9.12. The number of nitrogens with zero attached hydrogens (tertiary/aromatic N) is 2. The van der Waals surface area contributed by atoms with Crippen LogP contribution in [0.4, 0.5) is 5.69 Å². The van der Waals surface area contributed by atoms with Gasteiger partial charge in [0.1, 0.15) is 0 Å². The van der Waals surface area contributed by atoms with Crippen LogP contribution in [-0.4, -0.2) is 57.3 Å². The number of halogens is 1. The fourth-order valence-electron chi connectivity index (χ4n) is 2.32. The number of benzene rings is 1. The molecule has 0 spiro atoms. The van der Waals surface area contributed by atoms with Crippen LogP contribution in [0.25, 0.3) is 0 Å². The van der Waals surface area contributed by atoms with Gasteiger partial charge >= 0.3 is 0 Å². The molecule has 0 radical (unpaired) electrons. The Balaban J connectivity index is 0.00000625. The number of methoxy groups -OCH3 is 1. The summed E-state index contributed by atoms with van der Waals surface area (Å²) in [4.78, 5) is 6.99. The summed E-state index contributed by atoms with van der Waals surface area (Å²) < 4.78 is 11.0. The van der Waals surface area contributed by atoms with Crippen LogP contribution in [0.1, 0.15) is 34.1 Å². The molecule has 7 heteroatoms. The molecule has 1 unspecified atom stereocenters. The van der Waals surface area contributed by atoms with Crippen molar-refractivity contribution in [2.45, 2.75) is 40.2 Å². The molecule has 26 heavy (non-hydrogen) atoms. The minimum Gasteiger partial charge on any atom is -0.493 e. The smallest absolute Gasteiger partial charge is 0.195 e. The summed E-state index contributed by atoms with van der Waals surface area (Å²) in [7, 11) is 3.78. The average Bonchev–Trinajstić information content (AvgIpc) is 2.62. The molecule has 0 aliphatic heterocycles. The summed E-state index contributed by atoms with van der Waals surface area (Å²) in [6.45, 7) is 11.5. The maximum atomic E-state index is 5.56. The van der Waals surface area contributed by atoms with E-state index in [1.165, 1.54) is 0 Å². The number of nitrogens with one attached hydrogen (secondary N) is 2. The molecule has 2 N–H and O–H groups in total. The fourth-order valence-corrected chi connectivity index (χ4v) is 2.32. The molecule has 1 aromatic carbocycles. The van der Waals surface area contributed by atoms with Crippen molar-refractivity contribution >= 4 is 35.6 Å². The van der Waals surface area contributed by atoms with E-state index in [1.807, 2.05) is 25.1 Å². The first kappa shape index (κ1) is 24.8. The highest BCUT2D eigenvalue weighted by atomic mass is 127. The molecule has 0 saturated heterocycles. The Bertz CT molecular complexity index is 540. The second kappa shape index (κ2) is 13.9.